The fourth-order valence-corrected chi connectivity index (χ4v) is 5.63. The second-order valence-corrected chi connectivity index (χ2v) is 10.7. The van der Waals surface area contributed by atoms with Gasteiger partial charge in [-0.15, -0.1) is 11.3 Å². The average molecular weight is 567 g/mol. The Bertz CT molecular complexity index is 1550. The lowest BCUT2D eigenvalue weighted by Crippen LogP contribution is -2.16. The maximum Gasteiger partial charge on any atom is 0.412 e. The highest BCUT2D eigenvalue weighted by Crippen LogP contribution is 2.47. The molecule has 5 rings (SSSR count). The first-order chi connectivity index (χ1) is 18.7. The molecule has 4 aromatic rings. The van der Waals surface area contributed by atoms with Crippen LogP contribution in [0.15, 0.2) is 66.7 Å². The van der Waals surface area contributed by atoms with Crippen LogP contribution in [0.25, 0.3) is 21.6 Å². The van der Waals surface area contributed by atoms with Gasteiger partial charge in [0.2, 0.25) is 6.29 Å². The van der Waals surface area contributed by atoms with Crippen LogP contribution in [0.4, 0.5) is 19.3 Å². The molecular formula is C30H23ClF2NO4S. The van der Waals surface area contributed by atoms with Gasteiger partial charge in [0.05, 0.1) is 28.1 Å². The molecule has 0 bridgehead atoms. The minimum Gasteiger partial charge on any atom is -0.496 e. The lowest BCUT2D eigenvalue weighted by molar-refractivity contribution is 0.121. The lowest BCUT2D eigenvalue weighted by Gasteiger charge is -2.16. The van der Waals surface area contributed by atoms with Gasteiger partial charge in [0.25, 0.3) is 0 Å². The largest absolute Gasteiger partial charge is 0.496 e. The predicted octanol–water partition coefficient (Wildman–Crippen LogP) is 8.47. The van der Waals surface area contributed by atoms with Crippen LogP contribution in [-0.4, -0.2) is 19.5 Å². The van der Waals surface area contributed by atoms with Gasteiger partial charge in [-0.2, -0.15) is 4.39 Å². The number of nitrogens with one attached hydrogen (secondary N) is 1. The van der Waals surface area contributed by atoms with E-state index in [0.717, 1.165) is 46.9 Å². The summed E-state index contributed by atoms with van der Waals surface area (Å²) in [5, 5.41) is 2.24. The number of methoxy groups -OCH3 is 1. The third kappa shape index (κ3) is 5.53. The van der Waals surface area contributed by atoms with Gasteiger partial charge in [0, 0.05) is 17.2 Å². The van der Waals surface area contributed by atoms with Crippen molar-refractivity contribution in [2.24, 2.45) is 0 Å². The highest BCUT2D eigenvalue weighted by atomic mass is 35.5. The number of hydrogen-bond donors (Lipinski definition) is 1. The molecule has 1 amide bonds. The van der Waals surface area contributed by atoms with E-state index in [4.69, 9.17) is 21.1 Å². The van der Waals surface area contributed by atoms with Crippen molar-refractivity contribution in [1.82, 2.24) is 0 Å². The van der Waals surface area contributed by atoms with Crippen molar-refractivity contribution in [1.29, 1.82) is 0 Å². The van der Waals surface area contributed by atoms with Crippen LogP contribution in [0.1, 0.15) is 37.0 Å². The number of carbonyl (C=O) groups is 1. The number of rotatable bonds is 8. The van der Waals surface area contributed by atoms with Crippen molar-refractivity contribution in [3.05, 3.63) is 93.8 Å². The van der Waals surface area contributed by atoms with Gasteiger partial charge in [-0.25, -0.2) is 9.18 Å². The van der Waals surface area contributed by atoms with Crippen LogP contribution in [0, 0.1) is 10.9 Å². The standard InChI is InChI=1S/C30H23ClF2NO4S/c1-17(22-10-8-21(32)14-24(22)31)38-29(36)34-25-15-27(33)39-28(25)19-5-9-23(26(13-19)37-2)18-3-6-20(7-4-18)30(16-35)11-12-30/h3-10,13-15,17H,11-12H2,1-2H3,(H,34,36)/t17-/m1/s1. The maximum atomic E-state index is 14.4. The van der Waals surface area contributed by atoms with Crippen molar-refractivity contribution in [2.45, 2.75) is 31.3 Å². The minimum atomic E-state index is -0.813. The van der Waals surface area contributed by atoms with E-state index in [2.05, 4.69) is 11.6 Å². The third-order valence-corrected chi connectivity index (χ3v) is 8.08. The molecule has 9 heteroatoms. The maximum absolute atomic E-state index is 14.4. The molecule has 3 aromatic carbocycles. The normalized spacial score (nSPS) is 14.4. The summed E-state index contributed by atoms with van der Waals surface area (Å²) in [5.41, 5.74) is 3.51. The lowest BCUT2D eigenvalue weighted by atomic mass is 9.94. The molecule has 1 aromatic heterocycles. The smallest absolute Gasteiger partial charge is 0.412 e. The Balaban J connectivity index is 1.36. The van der Waals surface area contributed by atoms with Crippen LogP contribution in [0.3, 0.4) is 0 Å². The molecule has 1 heterocycles. The number of benzene rings is 3. The average Bonchev–Trinajstić information content (AvgIpc) is 3.64. The Hall–Kier alpha value is -3.75. The summed E-state index contributed by atoms with van der Waals surface area (Å²) in [6.07, 6.45) is 2.20. The van der Waals surface area contributed by atoms with Crippen LogP contribution >= 0.6 is 22.9 Å². The van der Waals surface area contributed by atoms with E-state index in [9.17, 15) is 18.4 Å². The van der Waals surface area contributed by atoms with E-state index in [0.29, 0.717) is 21.8 Å². The molecule has 5 nitrogen and oxygen atoms in total. The van der Waals surface area contributed by atoms with Gasteiger partial charge in [0.15, 0.2) is 5.13 Å². The number of halogens is 3. The highest BCUT2D eigenvalue weighted by molar-refractivity contribution is 7.14. The topological polar surface area (TPSA) is 64.6 Å². The Labute approximate surface area is 233 Å². The summed E-state index contributed by atoms with van der Waals surface area (Å²) < 4.78 is 38.8. The van der Waals surface area contributed by atoms with E-state index < -0.39 is 28.6 Å². The van der Waals surface area contributed by atoms with Crippen molar-refractivity contribution in [3.63, 3.8) is 0 Å². The van der Waals surface area contributed by atoms with E-state index >= 15 is 0 Å². The number of carbonyl (C=O) groups excluding carboxylic acids is 2. The van der Waals surface area contributed by atoms with Gasteiger partial charge < -0.3 is 9.47 Å². The molecule has 1 aliphatic rings. The summed E-state index contributed by atoms with van der Waals surface area (Å²) in [6, 6.07) is 18.2. The number of anilines is 1. The molecule has 1 radical (unpaired) electrons. The summed E-state index contributed by atoms with van der Waals surface area (Å²) >= 11 is 6.94. The Morgan fingerprint density at radius 3 is 2.41 bits per heavy atom. The number of thiophene rings is 1. The summed E-state index contributed by atoms with van der Waals surface area (Å²) in [5.74, 6) is 0.0608. The molecule has 0 saturated heterocycles. The zero-order valence-corrected chi connectivity index (χ0v) is 22.6. The van der Waals surface area contributed by atoms with Gasteiger partial charge in [-0.3, -0.25) is 10.1 Å². The van der Waals surface area contributed by atoms with Gasteiger partial charge in [-0.1, -0.05) is 54.1 Å². The summed E-state index contributed by atoms with van der Waals surface area (Å²) in [6.45, 7) is 1.60. The van der Waals surface area contributed by atoms with E-state index in [1.54, 1.807) is 20.1 Å². The molecular weight excluding hydrogens is 544 g/mol. The first-order valence-corrected chi connectivity index (χ1v) is 13.3. The van der Waals surface area contributed by atoms with Gasteiger partial charge in [-0.05, 0) is 54.7 Å². The Morgan fingerprint density at radius 2 is 1.77 bits per heavy atom. The zero-order valence-electron chi connectivity index (χ0n) is 21.0. The van der Waals surface area contributed by atoms with Crippen molar-refractivity contribution in [2.75, 3.05) is 12.4 Å². The van der Waals surface area contributed by atoms with Crippen molar-refractivity contribution in [3.8, 4) is 27.3 Å². The molecule has 0 spiro atoms. The van der Waals surface area contributed by atoms with Gasteiger partial charge in [0.1, 0.15) is 17.7 Å². The fraction of sp³-hybridized carbons (Fsp3) is 0.200. The Kier molecular flexibility index (Phi) is 7.42. The number of hydrogen-bond acceptors (Lipinski definition) is 5. The second-order valence-electron chi connectivity index (χ2n) is 9.31. The second kappa shape index (κ2) is 10.8. The van der Waals surface area contributed by atoms with Crippen LogP contribution in [-0.2, 0) is 14.9 Å². The molecule has 1 saturated carbocycles. The molecule has 1 aliphatic carbocycles. The van der Waals surface area contributed by atoms with Gasteiger partial charge >= 0.3 is 6.09 Å². The third-order valence-electron chi connectivity index (χ3n) is 6.78. The van der Waals surface area contributed by atoms with E-state index in [1.807, 2.05) is 36.4 Å². The minimum absolute atomic E-state index is 0.133. The van der Waals surface area contributed by atoms with Crippen LogP contribution < -0.4 is 10.1 Å². The molecule has 0 unspecified atom stereocenters. The monoisotopic (exact) mass is 566 g/mol. The SMILES string of the molecule is COc1cc(-c2sc(F)cc2NC(=O)O[C@H](C)c2ccc(F)cc2Cl)ccc1-c1ccc(C2([C]=O)CC2)cc1. The molecule has 1 fully saturated rings. The fourth-order valence-electron chi connectivity index (χ4n) is 4.48. The molecule has 1 N–H and O–H groups in total. The van der Waals surface area contributed by atoms with Crippen LogP contribution in [0.5, 0.6) is 5.75 Å². The molecule has 199 valence electrons. The summed E-state index contributed by atoms with van der Waals surface area (Å²) in [7, 11) is 1.55. The zero-order chi connectivity index (χ0) is 27.7. The first-order valence-electron chi connectivity index (χ1n) is 12.1. The van der Waals surface area contributed by atoms with E-state index in [-0.39, 0.29) is 10.7 Å². The van der Waals surface area contributed by atoms with Crippen molar-refractivity contribution < 1.29 is 27.8 Å². The van der Waals surface area contributed by atoms with Crippen LogP contribution in [0.2, 0.25) is 5.02 Å². The summed E-state index contributed by atoms with van der Waals surface area (Å²) in [4.78, 5) is 24.5. The Morgan fingerprint density at radius 1 is 1.05 bits per heavy atom. The molecule has 39 heavy (non-hydrogen) atoms. The van der Waals surface area contributed by atoms with Crippen molar-refractivity contribution >= 4 is 41.0 Å². The highest BCUT2D eigenvalue weighted by Gasteiger charge is 2.45. The van der Waals surface area contributed by atoms with E-state index in [1.165, 1.54) is 18.2 Å². The molecule has 1 atom stereocenters. The first kappa shape index (κ1) is 26.8. The quantitative estimate of drug-likeness (QED) is 0.232. The molecule has 0 aliphatic heterocycles. The number of ether oxygens (including phenoxy) is 2. The number of amides is 1. The predicted molar refractivity (Wildman–Crippen MR) is 148 cm³/mol.